The minimum Gasteiger partial charge on any atom is -0.481 e. The second-order valence-corrected chi connectivity index (χ2v) is 5.88. The fraction of sp³-hybridized carbons (Fsp3) is 0.786. The van der Waals surface area contributed by atoms with Gasteiger partial charge in [-0.2, -0.15) is 0 Å². The van der Waals surface area contributed by atoms with E-state index in [1.165, 1.54) is 4.90 Å². The standard InChI is InChI=1S/C14H24N2O5/c1-4-21-12(18)10(15)11(17)16-7-5-6-9(8-16)14(2,3)13(19)20/h9-10H,4-8,15H2,1-3H3,(H,19,20). The van der Waals surface area contributed by atoms with Crippen LogP contribution in [0.3, 0.4) is 0 Å². The molecule has 2 atom stereocenters. The number of carboxylic acid groups (broad SMARTS) is 1. The largest absolute Gasteiger partial charge is 0.481 e. The van der Waals surface area contributed by atoms with Crippen molar-refractivity contribution in [3.05, 3.63) is 0 Å². The van der Waals surface area contributed by atoms with Crippen molar-refractivity contribution in [2.75, 3.05) is 19.7 Å². The van der Waals surface area contributed by atoms with Gasteiger partial charge in [-0.15, -0.1) is 0 Å². The van der Waals surface area contributed by atoms with Gasteiger partial charge in [0.15, 0.2) is 6.04 Å². The van der Waals surface area contributed by atoms with Gasteiger partial charge in [0.2, 0.25) is 0 Å². The summed E-state index contributed by atoms with van der Waals surface area (Å²) in [5.41, 5.74) is 4.69. The van der Waals surface area contributed by atoms with Crippen molar-refractivity contribution in [3.63, 3.8) is 0 Å². The van der Waals surface area contributed by atoms with E-state index < -0.39 is 29.3 Å². The SMILES string of the molecule is CCOC(=O)C(N)C(=O)N1CCCC(C(C)(C)C(=O)O)C1. The predicted octanol–water partition coefficient (Wildman–Crippen LogP) is 0.226. The Balaban J connectivity index is 2.74. The number of carboxylic acids is 1. The van der Waals surface area contributed by atoms with Gasteiger partial charge in [0.1, 0.15) is 0 Å². The highest BCUT2D eigenvalue weighted by Gasteiger charge is 2.41. The highest BCUT2D eigenvalue weighted by molar-refractivity contribution is 6.01. The summed E-state index contributed by atoms with van der Waals surface area (Å²) in [6.07, 6.45) is 1.43. The van der Waals surface area contributed by atoms with Gasteiger partial charge in [0, 0.05) is 13.1 Å². The minimum absolute atomic E-state index is 0.161. The number of nitrogens with two attached hydrogens (primary N) is 1. The first-order valence-corrected chi connectivity index (χ1v) is 7.16. The molecule has 1 aliphatic heterocycles. The molecule has 3 N–H and O–H groups in total. The van der Waals surface area contributed by atoms with Crippen LogP contribution in [0.15, 0.2) is 0 Å². The molecule has 7 nitrogen and oxygen atoms in total. The third kappa shape index (κ3) is 3.93. The molecular formula is C14H24N2O5. The third-order valence-electron chi connectivity index (χ3n) is 4.11. The van der Waals surface area contributed by atoms with Crippen molar-refractivity contribution >= 4 is 17.8 Å². The van der Waals surface area contributed by atoms with Gasteiger partial charge in [-0.25, -0.2) is 4.79 Å². The van der Waals surface area contributed by atoms with Crippen LogP contribution in [0, 0.1) is 11.3 Å². The molecule has 1 amide bonds. The van der Waals surface area contributed by atoms with Gasteiger partial charge >= 0.3 is 11.9 Å². The number of hydrogen-bond acceptors (Lipinski definition) is 5. The first-order chi connectivity index (χ1) is 9.71. The van der Waals surface area contributed by atoms with Gasteiger partial charge in [0.25, 0.3) is 5.91 Å². The maximum Gasteiger partial charge on any atom is 0.332 e. The van der Waals surface area contributed by atoms with Crippen LogP contribution in [0.2, 0.25) is 0 Å². The molecule has 1 aliphatic rings. The second kappa shape index (κ2) is 6.89. The Morgan fingerprint density at radius 2 is 2.05 bits per heavy atom. The maximum atomic E-state index is 12.2. The number of aliphatic carboxylic acids is 1. The molecule has 7 heteroatoms. The molecule has 1 fully saturated rings. The van der Waals surface area contributed by atoms with Crippen molar-refractivity contribution in [2.24, 2.45) is 17.1 Å². The second-order valence-electron chi connectivity index (χ2n) is 5.88. The van der Waals surface area contributed by atoms with Crippen LogP contribution in [-0.4, -0.2) is 53.6 Å². The highest BCUT2D eigenvalue weighted by atomic mass is 16.5. The summed E-state index contributed by atoms with van der Waals surface area (Å²) in [5.74, 6) is -2.31. The van der Waals surface area contributed by atoms with E-state index in [1.54, 1.807) is 20.8 Å². The predicted molar refractivity (Wildman–Crippen MR) is 75.3 cm³/mol. The molecule has 0 spiro atoms. The molecule has 1 heterocycles. The highest BCUT2D eigenvalue weighted by Crippen LogP contribution is 2.34. The summed E-state index contributed by atoms with van der Waals surface area (Å²) in [6, 6.07) is -1.34. The van der Waals surface area contributed by atoms with Gasteiger partial charge in [-0.3, -0.25) is 9.59 Å². The average molecular weight is 300 g/mol. The van der Waals surface area contributed by atoms with Crippen molar-refractivity contribution in [1.82, 2.24) is 4.90 Å². The van der Waals surface area contributed by atoms with Crippen LogP contribution in [0.5, 0.6) is 0 Å². The van der Waals surface area contributed by atoms with E-state index in [2.05, 4.69) is 0 Å². The number of ether oxygens (including phenoxy) is 1. The van der Waals surface area contributed by atoms with Gasteiger partial charge in [0.05, 0.1) is 12.0 Å². The molecule has 0 saturated carbocycles. The summed E-state index contributed by atoms with van der Waals surface area (Å²) >= 11 is 0. The fourth-order valence-electron chi connectivity index (χ4n) is 2.47. The van der Waals surface area contributed by atoms with Crippen molar-refractivity contribution < 1.29 is 24.2 Å². The number of rotatable bonds is 5. The quantitative estimate of drug-likeness (QED) is 0.555. The molecule has 0 aliphatic carbocycles. The molecule has 0 aromatic carbocycles. The van der Waals surface area contributed by atoms with Crippen LogP contribution in [-0.2, 0) is 19.1 Å². The maximum absolute atomic E-state index is 12.2. The lowest BCUT2D eigenvalue weighted by atomic mass is 9.74. The zero-order valence-electron chi connectivity index (χ0n) is 12.8. The lowest BCUT2D eigenvalue weighted by Crippen LogP contribution is -2.54. The van der Waals surface area contributed by atoms with Gasteiger partial charge < -0.3 is 20.5 Å². The molecule has 1 rings (SSSR count). The first-order valence-electron chi connectivity index (χ1n) is 7.16. The van der Waals surface area contributed by atoms with E-state index in [9.17, 15) is 19.5 Å². The van der Waals surface area contributed by atoms with Crippen LogP contribution in [0.25, 0.3) is 0 Å². The van der Waals surface area contributed by atoms with E-state index >= 15 is 0 Å². The number of amides is 1. The van der Waals surface area contributed by atoms with E-state index in [4.69, 9.17) is 10.5 Å². The van der Waals surface area contributed by atoms with Gasteiger partial charge in [-0.1, -0.05) is 0 Å². The topological polar surface area (TPSA) is 110 Å². The van der Waals surface area contributed by atoms with E-state index in [0.29, 0.717) is 19.5 Å². The summed E-state index contributed by atoms with van der Waals surface area (Å²) < 4.78 is 4.74. The van der Waals surface area contributed by atoms with Crippen LogP contribution < -0.4 is 5.73 Å². The summed E-state index contributed by atoms with van der Waals surface area (Å²) in [6.45, 7) is 5.89. The smallest absolute Gasteiger partial charge is 0.332 e. The molecule has 120 valence electrons. The third-order valence-corrected chi connectivity index (χ3v) is 4.11. The number of carbonyl (C=O) groups is 3. The Bertz CT molecular complexity index is 422. The number of likely N-dealkylation sites (tertiary alicyclic amines) is 1. The van der Waals surface area contributed by atoms with E-state index in [-0.39, 0.29) is 12.5 Å². The number of carbonyl (C=O) groups excluding carboxylic acids is 2. The Morgan fingerprint density at radius 3 is 2.57 bits per heavy atom. The number of esters is 1. The van der Waals surface area contributed by atoms with E-state index in [0.717, 1.165) is 6.42 Å². The molecule has 2 unspecified atom stereocenters. The normalized spacial score (nSPS) is 20.8. The number of piperidine rings is 1. The Kier molecular flexibility index (Phi) is 5.71. The van der Waals surface area contributed by atoms with Crippen LogP contribution >= 0.6 is 0 Å². The molecule has 0 bridgehead atoms. The molecular weight excluding hydrogens is 276 g/mol. The fourth-order valence-corrected chi connectivity index (χ4v) is 2.47. The van der Waals surface area contributed by atoms with Crippen LogP contribution in [0.1, 0.15) is 33.6 Å². The first kappa shape index (κ1) is 17.4. The number of nitrogens with zero attached hydrogens (tertiary/aromatic N) is 1. The van der Waals surface area contributed by atoms with Crippen molar-refractivity contribution in [1.29, 1.82) is 0 Å². The Labute approximate surface area is 124 Å². The average Bonchev–Trinajstić information content (AvgIpc) is 2.45. The minimum atomic E-state index is -1.34. The number of hydrogen-bond donors (Lipinski definition) is 2. The molecule has 1 saturated heterocycles. The van der Waals surface area contributed by atoms with Crippen LogP contribution in [0.4, 0.5) is 0 Å². The van der Waals surface area contributed by atoms with E-state index in [1.807, 2.05) is 0 Å². The lowest BCUT2D eigenvalue weighted by molar-refractivity contribution is -0.156. The van der Waals surface area contributed by atoms with Gasteiger partial charge in [-0.05, 0) is 39.5 Å². The Morgan fingerprint density at radius 1 is 1.43 bits per heavy atom. The van der Waals surface area contributed by atoms with Crippen molar-refractivity contribution in [3.8, 4) is 0 Å². The molecule has 0 aromatic heterocycles. The monoisotopic (exact) mass is 300 g/mol. The molecule has 0 aromatic rings. The zero-order valence-corrected chi connectivity index (χ0v) is 12.8. The summed E-state index contributed by atoms with van der Waals surface area (Å²) in [7, 11) is 0. The Hall–Kier alpha value is -1.63. The zero-order chi connectivity index (χ0) is 16.2. The summed E-state index contributed by atoms with van der Waals surface area (Å²) in [4.78, 5) is 36.5. The lowest BCUT2D eigenvalue weighted by Gasteiger charge is -2.39. The van der Waals surface area contributed by atoms with Crippen molar-refractivity contribution in [2.45, 2.75) is 39.7 Å². The summed E-state index contributed by atoms with van der Waals surface area (Å²) in [5, 5.41) is 9.28. The molecule has 0 radical (unpaired) electrons. The molecule has 21 heavy (non-hydrogen) atoms.